The SMILES string of the molecule is Cc1ccc(C(=O)c2ccccc2C(=O)NC2CCN(C)CC2)cc1C. The van der Waals surface area contributed by atoms with Crippen molar-refractivity contribution in [3.63, 3.8) is 0 Å². The highest BCUT2D eigenvalue weighted by molar-refractivity contribution is 6.15. The summed E-state index contributed by atoms with van der Waals surface area (Å²) in [4.78, 5) is 28.0. The lowest BCUT2D eigenvalue weighted by Crippen LogP contribution is -2.43. The summed E-state index contributed by atoms with van der Waals surface area (Å²) in [6.07, 6.45) is 1.88. The maximum Gasteiger partial charge on any atom is 0.252 e. The van der Waals surface area contributed by atoms with E-state index in [2.05, 4.69) is 17.3 Å². The standard InChI is InChI=1S/C22H26N2O2/c1-15-8-9-17(14-16(15)2)21(25)19-6-4-5-7-20(19)22(26)23-18-10-12-24(3)13-11-18/h4-9,14,18H,10-13H2,1-3H3,(H,23,26). The summed E-state index contributed by atoms with van der Waals surface area (Å²) >= 11 is 0. The van der Waals surface area contributed by atoms with Gasteiger partial charge in [0.15, 0.2) is 5.78 Å². The molecule has 1 heterocycles. The van der Waals surface area contributed by atoms with Gasteiger partial charge < -0.3 is 10.2 Å². The van der Waals surface area contributed by atoms with Crippen LogP contribution in [0, 0.1) is 13.8 Å². The Morgan fingerprint density at radius 2 is 1.62 bits per heavy atom. The molecule has 0 aromatic heterocycles. The molecule has 0 aliphatic carbocycles. The molecule has 4 nitrogen and oxygen atoms in total. The van der Waals surface area contributed by atoms with Gasteiger partial charge in [-0.15, -0.1) is 0 Å². The second kappa shape index (κ2) is 7.83. The quantitative estimate of drug-likeness (QED) is 0.860. The highest BCUT2D eigenvalue weighted by Crippen LogP contribution is 2.18. The van der Waals surface area contributed by atoms with Crippen molar-refractivity contribution >= 4 is 11.7 Å². The van der Waals surface area contributed by atoms with Crippen molar-refractivity contribution in [1.82, 2.24) is 10.2 Å². The number of aryl methyl sites for hydroxylation is 2. The van der Waals surface area contributed by atoms with E-state index in [4.69, 9.17) is 0 Å². The molecule has 0 spiro atoms. The fourth-order valence-electron chi connectivity index (χ4n) is 3.33. The van der Waals surface area contributed by atoms with Gasteiger partial charge >= 0.3 is 0 Å². The van der Waals surface area contributed by atoms with Gasteiger partial charge in [-0.3, -0.25) is 9.59 Å². The number of amides is 1. The van der Waals surface area contributed by atoms with Crippen LogP contribution >= 0.6 is 0 Å². The Labute approximate surface area is 155 Å². The highest BCUT2D eigenvalue weighted by Gasteiger charge is 2.22. The summed E-state index contributed by atoms with van der Waals surface area (Å²) in [5.41, 5.74) is 3.75. The molecular formula is C22H26N2O2. The van der Waals surface area contributed by atoms with Gasteiger partial charge in [0.2, 0.25) is 0 Å². The van der Waals surface area contributed by atoms with Crippen LogP contribution in [0.25, 0.3) is 0 Å². The number of piperidine rings is 1. The fraction of sp³-hybridized carbons (Fsp3) is 0.364. The third kappa shape index (κ3) is 4.02. The minimum absolute atomic E-state index is 0.109. The van der Waals surface area contributed by atoms with Gasteiger partial charge in [0.1, 0.15) is 0 Å². The van der Waals surface area contributed by atoms with Crippen molar-refractivity contribution in [2.75, 3.05) is 20.1 Å². The molecule has 1 amide bonds. The Balaban J connectivity index is 1.82. The molecule has 26 heavy (non-hydrogen) atoms. The van der Waals surface area contributed by atoms with Gasteiger partial charge in [-0.05, 0) is 70.1 Å². The Hall–Kier alpha value is -2.46. The molecule has 0 saturated carbocycles. The number of hydrogen-bond acceptors (Lipinski definition) is 3. The molecule has 1 N–H and O–H groups in total. The largest absolute Gasteiger partial charge is 0.349 e. The molecule has 4 heteroatoms. The number of carbonyl (C=O) groups is 2. The van der Waals surface area contributed by atoms with Crippen LogP contribution in [0.1, 0.15) is 50.2 Å². The van der Waals surface area contributed by atoms with Gasteiger partial charge in [0, 0.05) is 17.2 Å². The summed E-state index contributed by atoms with van der Waals surface area (Å²) in [7, 11) is 2.09. The van der Waals surface area contributed by atoms with E-state index in [1.54, 1.807) is 24.3 Å². The average Bonchev–Trinajstić information content (AvgIpc) is 2.65. The maximum absolute atomic E-state index is 13.0. The van der Waals surface area contributed by atoms with E-state index in [0.29, 0.717) is 16.7 Å². The first-order valence-corrected chi connectivity index (χ1v) is 9.16. The number of rotatable bonds is 4. The average molecular weight is 350 g/mol. The van der Waals surface area contributed by atoms with E-state index in [9.17, 15) is 9.59 Å². The zero-order chi connectivity index (χ0) is 18.7. The topological polar surface area (TPSA) is 49.4 Å². The normalized spacial score (nSPS) is 15.7. The van der Waals surface area contributed by atoms with E-state index in [1.165, 1.54) is 0 Å². The van der Waals surface area contributed by atoms with E-state index in [1.807, 2.05) is 32.0 Å². The summed E-state index contributed by atoms with van der Waals surface area (Å²) < 4.78 is 0. The van der Waals surface area contributed by atoms with Crippen molar-refractivity contribution in [3.8, 4) is 0 Å². The molecule has 1 aliphatic heterocycles. The number of nitrogens with one attached hydrogen (secondary N) is 1. The minimum atomic E-state index is -0.160. The van der Waals surface area contributed by atoms with E-state index >= 15 is 0 Å². The molecule has 2 aromatic rings. The molecule has 0 bridgehead atoms. The molecule has 0 unspecified atom stereocenters. The molecule has 136 valence electrons. The number of nitrogens with zero attached hydrogens (tertiary/aromatic N) is 1. The third-order valence-corrected chi connectivity index (χ3v) is 5.24. The molecule has 1 saturated heterocycles. The van der Waals surface area contributed by atoms with Crippen molar-refractivity contribution in [1.29, 1.82) is 0 Å². The molecule has 0 radical (unpaired) electrons. The molecule has 1 aliphatic rings. The van der Waals surface area contributed by atoms with Crippen LogP contribution < -0.4 is 5.32 Å². The van der Waals surface area contributed by atoms with Gasteiger partial charge in [0.05, 0.1) is 5.56 Å². The lowest BCUT2D eigenvalue weighted by atomic mass is 9.95. The molecule has 0 atom stereocenters. The lowest BCUT2D eigenvalue weighted by Gasteiger charge is -2.29. The van der Waals surface area contributed by atoms with Crippen LogP contribution in [0.3, 0.4) is 0 Å². The van der Waals surface area contributed by atoms with Crippen LogP contribution in [0.4, 0.5) is 0 Å². The van der Waals surface area contributed by atoms with Gasteiger partial charge in [-0.1, -0.05) is 30.3 Å². The summed E-state index contributed by atoms with van der Waals surface area (Å²) in [5, 5.41) is 3.11. The maximum atomic E-state index is 13.0. The van der Waals surface area contributed by atoms with Crippen LogP contribution in [0.15, 0.2) is 42.5 Å². The van der Waals surface area contributed by atoms with E-state index in [0.717, 1.165) is 37.1 Å². The summed E-state index contributed by atoms with van der Waals surface area (Å²) in [6.45, 7) is 5.97. The molecular weight excluding hydrogens is 324 g/mol. The smallest absolute Gasteiger partial charge is 0.252 e. The zero-order valence-electron chi connectivity index (χ0n) is 15.7. The Morgan fingerprint density at radius 1 is 0.962 bits per heavy atom. The fourth-order valence-corrected chi connectivity index (χ4v) is 3.33. The lowest BCUT2D eigenvalue weighted by molar-refractivity contribution is 0.0908. The minimum Gasteiger partial charge on any atom is -0.349 e. The first-order chi connectivity index (χ1) is 12.5. The predicted molar refractivity (Wildman–Crippen MR) is 104 cm³/mol. The number of ketones is 1. The van der Waals surface area contributed by atoms with Crippen LogP contribution in [-0.4, -0.2) is 42.8 Å². The second-order valence-electron chi connectivity index (χ2n) is 7.22. The number of likely N-dealkylation sites (tertiary alicyclic amines) is 1. The molecule has 2 aromatic carbocycles. The Kier molecular flexibility index (Phi) is 5.52. The summed E-state index contributed by atoms with van der Waals surface area (Å²) in [6, 6.07) is 12.9. The zero-order valence-corrected chi connectivity index (χ0v) is 15.7. The van der Waals surface area contributed by atoms with Crippen molar-refractivity contribution in [2.24, 2.45) is 0 Å². The summed E-state index contributed by atoms with van der Waals surface area (Å²) in [5.74, 6) is -0.269. The predicted octanol–water partition coefficient (Wildman–Crippen LogP) is 3.36. The van der Waals surface area contributed by atoms with Crippen LogP contribution in [0.2, 0.25) is 0 Å². The first-order valence-electron chi connectivity index (χ1n) is 9.16. The van der Waals surface area contributed by atoms with Gasteiger partial charge in [0.25, 0.3) is 5.91 Å². The number of benzene rings is 2. The number of carbonyl (C=O) groups excluding carboxylic acids is 2. The van der Waals surface area contributed by atoms with E-state index < -0.39 is 0 Å². The van der Waals surface area contributed by atoms with Crippen LogP contribution in [0.5, 0.6) is 0 Å². The molecule has 3 rings (SSSR count). The van der Waals surface area contributed by atoms with Crippen molar-refractivity contribution in [2.45, 2.75) is 32.7 Å². The first kappa shape index (κ1) is 18.3. The third-order valence-electron chi connectivity index (χ3n) is 5.24. The van der Waals surface area contributed by atoms with E-state index in [-0.39, 0.29) is 17.7 Å². The van der Waals surface area contributed by atoms with Gasteiger partial charge in [-0.25, -0.2) is 0 Å². The number of hydrogen-bond donors (Lipinski definition) is 1. The Bertz CT molecular complexity index is 821. The highest BCUT2D eigenvalue weighted by atomic mass is 16.2. The molecule has 1 fully saturated rings. The van der Waals surface area contributed by atoms with Crippen molar-refractivity contribution < 1.29 is 9.59 Å². The van der Waals surface area contributed by atoms with Gasteiger partial charge in [-0.2, -0.15) is 0 Å². The second-order valence-corrected chi connectivity index (χ2v) is 7.22. The monoisotopic (exact) mass is 350 g/mol. The Morgan fingerprint density at radius 3 is 2.27 bits per heavy atom. The van der Waals surface area contributed by atoms with Crippen molar-refractivity contribution in [3.05, 3.63) is 70.3 Å². The van der Waals surface area contributed by atoms with Crippen LogP contribution in [-0.2, 0) is 0 Å².